The fourth-order valence-electron chi connectivity index (χ4n) is 2.50. The maximum atomic E-state index is 12.4. The Morgan fingerprint density at radius 3 is 2.54 bits per heavy atom. The average molecular weight is 350 g/mol. The van der Waals surface area contributed by atoms with E-state index in [-0.39, 0.29) is 5.82 Å². The normalized spacial score (nSPS) is 10.3. The number of anilines is 1. The smallest absolute Gasteiger partial charge is 0.338 e. The lowest BCUT2D eigenvalue weighted by atomic mass is 10.00. The number of benzene rings is 2. The van der Waals surface area contributed by atoms with Gasteiger partial charge in [0.05, 0.1) is 5.56 Å². The molecule has 0 radical (unpaired) electrons. The zero-order valence-electron chi connectivity index (χ0n) is 14.3. The first-order valence-electron chi connectivity index (χ1n) is 8.14. The highest BCUT2D eigenvalue weighted by atomic mass is 16.5. The average Bonchev–Trinajstić information content (AvgIpc) is 3.06. The number of amides is 1. The number of hydrogen-bond acceptors (Lipinski definition) is 5. The molecule has 0 aliphatic rings. The molecule has 3 aromatic rings. The van der Waals surface area contributed by atoms with Gasteiger partial charge in [0.15, 0.2) is 12.4 Å². The van der Waals surface area contributed by atoms with Crippen molar-refractivity contribution in [3.05, 3.63) is 83.1 Å². The van der Waals surface area contributed by atoms with Gasteiger partial charge >= 0.3 is 5.97 Å². The minimum absolute atomic E-state index is 0.285. The first-order valence-corrected chi connectivity index (χ1v) is 8.14. The molecule has 3 rings (SSSR count). The lowest BCUT2D eigenvalue weighted by molar-refractivity contribution is -0.119. The molecule has 0 bridgehead atoms. The maximum absolute atomic E-state index is 12.4. The Morgan fingerprint density at radius 2 is 1.81 bits per heavy atom. The van der Waals surface area contributed by atoms with Crippen LogP contribution in [0.5, 0.6) is 0 Å². The number of nitrogens with one attached hydrogen (secondary N) is 1. The van der Waals surface area contributed by atoms with E-state index in [2.05, 4.69) is 10.5 Å². The van der Waals surface area contributed by atoms with Gasteiger partial charge in [0, 0.05) is 6.07 Å². The van der Waals surface area contributed by atoms with Crippen molar-refractivity contribution in [1.29, 1.82) is 0 Å². The second-order valence-electron chi connectivity index (χ2n) is 5.77. The zero-order chi connectivity index (χ0) is 18.4. The quantitative estimate of drug-likeness (QED) is 0.689. The van der Waals surface area contributed by atoms with E-state index < -0.39 is 18.5 Å². The number of aryl methyl sites for hydroxylation is 1. The zero-order valence-corrected chi connectivity index (χ0v) is 14.3. The number of carbonyl (C=O) groups is 2. The Bertz CT molecular complexity index is 903. The molecule has 1 heterocycles. The van der Waals surface area contributed by atoms with Gasteiger partial charge in [0.2, 0.25) is 0 Å². The summed E-state index contributed by atoms with van der Waals surface area (Å²) in [6, 6.07) is 18.6. The van der Waals surface area contributed by atoms with Gasteiger partial charge in [0.1, 0.15) is 5.76 Å². The predicted molar refractivity (Wildman–Crippen MR) is 95.8 cm³/mol. The molecule has 26 heavy (non-hydrogen) atoms. The summed E-state index contributed by atoms with van der Waals surface area (Å²) in [4.78, 5) is 24.2. The van der Waals surface area contributed by atoms with Crippen LogP contribution in [0, 0.1) is 6.92 Å². The number of esters is 1. The Hall–Kier alpha value is -3.41. The highest BCUT2D eigenvalue weighted by Gasteiger charge is 2.15. The largest absolute Gasteiger partial charge is 0.452 e. The van der Waals surface area contributed by atoms with Crippen molar-refractivity contribution < 1.29 is 18.8 Å². The van der Waals surface area contributed by atoms with Gasteiger partial charge in [-0.1, -0.05) is 53.7 Å². The summed E-state index contributed by atoms with van der Waals surface area (Å²) in [6.07, 6.45) is 0.608. The van der Waals surface area contributed by atoms with Crippen molar-refractivity contribution in [3.63, 3.8) is 0 Å². The molecule has 1 aromatic heterocycles. The van der Waals surface area contributed by atoms with Crippen LogP contribution in [0.3, 0.4) is 0 Å². The van der Waals surface area contributed by atoms with Crippen molar-refractivity contribution in [2.75, 3.05) is 11.9 Å². The van der Waals surface area contributed by atoms with Gasteiger partial charge in [-0.05, 0) is 30.5 Å². The van der Waals surface area contributed by atoms with Gasteiger partial charge in [-0.25, -0.2) is 4.79 Å². The Labute approximate surface area is 150 Å². The third-order valence-electron chi connectivity index (χ3n) is 3.70. The fourth-order valence-corrected chi connectivity index (χ4v) is 2.50. The molecule has 0 unspecified atom stereocenters. The lowest BCUT2D eigenvalue weighted by Crippen LogP contribution is -2.21. The number of carbonyl (C=O) groups excluding carboxylic acids is 2. The van der Waals surface area contributed by atoms with Crippen LogP contribution in [0.25, 0.3) is 0 Å². The van der Waals surface area contributed by atoms with Crippen LogP contribution in [0.15, 0.2) is 65.2 Å². The van der Waals surface area contributed by atoms with E-state index in [1.165, 1.54) is 0 Å². The summed E-state index contributed by atoms with van der Waals surface area (Å²) >= 11 is 0. The van der Waals surface area contributed by atoms with E-state index in [9.17, 15) is 9.59 Å². The minimum Gasteiger partial charge on any atom is -0.452 e. The second-order valence-corrected chi connectivity index (χ2v) is 5.77. The molecule has 6 heteroatoms. The molecule has 0 aliphatic carbocycles. The van der Waals surface area contributed by atoms with Crippen molar-refractivity contribution in [2.24, 2.45) is 0 Å². The van der Waals surface area contributed by atoms with Crippen molar-refractivity contribution >= 4 is 17.7 Å². The molecule has 1 N–H and O–H groups in total. The van der Waals surface area contributed by atoms with E-state index in [1.807, 2.05) is 42.5 Å². The highest BCUT2D eigenvalue weighted by Crippen LogP contribution is 2.15. The number of hydrogen-bond donors (Lipinski definition) is 1. The monoisotopic (exact) mass is 350 g/mol. The topological polar surface area (TPSA) is 81.4 Å². The molecule has 0 saturated carbocycles. The van der Waals surface area contributed by atoms with E-state index >= 15 is 0 Å². The molecule has 0 spiro atoms. The Kier molecular flexibility index (Phi) is 5.43. The minimum atomic E-state index is -0.539. The van der Waals surface area contributed by atoms with Crippen molar-refractivity contribution in [2.45, 2.75) is 13.3 Å². The van der Waals surface area contributed by atoms with Crippen LogP contribution in [0.2, 0.25) is 0 Å². The van der Waals surface area contributed by atoms with Crippen LogP contribution in [-0.2, 0) is 16.0 Å². The number of rotatable bonds is 6. The lowest BCUT2D eigenvalue weighted by Gasteiger charge is -2.09. The third-order valence-corrected chi connectivity index (χ3v) is 3.70. The van der Waals surface area contributed by atoms with E-state index in [0.717, 1.165) is 11.1 Å². The summed E-state index contributed by atoms with van der Waals surface area (Å²) < 4.78 is 10.00. The van der Waals surface area contributed by atoms with Gasteiger partial charge in [0.25, 0.3) is 5.91 Å². The third kappa shape index (κ3) is 4.57. The molecular formula is C20H18N2O4. The second kappa shape index (κ2) is 8.11. The van der Waals surface area contributed by atoms with E-state index in [4.69, 9.17) is 9.26 Å². The SMILES string of the molecule is Cc1cc(NC(=O)COC(=O)c2ccccc2Cc2ccccc2)no1. The van der Waals surface area contributed by atoms with Crippen LogP contribution in [-0.4, -0.2) is 23.6 Å². The summed E-state index contributed by atoms with van der Waals surface area (Å²) in [5.41, 5.74) is 2.38. The van der Waals surface area contributed by atoms with Gasteiger partial charge in [-0.15, -0.1) is 0 Å². The highest BCUT2D eigenvalue weighted by molar-refractivity contribution is 5.95. The Balaban J connectivity index is 1.62. The molecule has 0 saturated heterocycles. The predicted octanol–water partition coefficient (Wildman–Crippen LogP) is 3.37. The van der Waals surface area contributed by atoms with Crippen LogP contribution in [0.1, 0.15) is 27.2 Å². The van der Waals surface area contributed by atoms with E-state index in [0.29, 0.717) is 17.7 Å². The summed E-state index contributed by atoms with van der Waals surface area (Å²) in [6.45, 7) is 1.32. The molecule has 0 atom stereocenters. The van der Waals surface area contributed by atoms with E-state index in [1.54, 1.807) is 25.1 Å². The molecule has 132 valence electrons. The standard InChI is InChI=1S/C20H18N2O4/c1-14-11-18(22-26-14)21-19(23)13-25-20(24)17-10-6-5-9-16(17)12-15-7-3-2-4-8-15/h2-11H,12-13H2,1H3,(H,21,22,23). The Morgan fingerprint density at radius 1 is 1.08 bits per heavy atom. The molecule has 6 nitrogen and oxygen atoms in total. The molecule has 1 amide bonds. The fraction of sp³-hybridized carbons (Fsp3) is 0.150. The summed E-state index contributed by atoms with van der Waals surface area (Å²) in [5.74, 6) is -0.157. The summed E-state index contributed by atoms with van der Waals surface area (Å²) in [7, 11) is 0. The van der Waals surface area contributed by atoms with Gasteiger partial charge < -0.3 is 14.6 Å². The van der Waals surface area contributed by atoms with Crippen LogP contribution < -0.4 is 5.32 Å². The summed E-state index contributed by atoms with van der Waals surface area (Å²) in [5, 5.41) is 6.16. The van der Waals surface area contributed by atoms with Crippen LogP contribution >= 0.6 is 0 Å². The van der Waals surface area contributed by atoms with Crippen molar-refractivity contribution in [1.82, 2.24) is 5.16 Å². The molecule has 0 aliphatic heterocycles. The number of aromatic nitrogens is 1. The van der Waals surface area contributed by atoms with Gasteiger partial charge in [-0.2, -0.15) is 0 Å². The van der Waals surface area contributed by atoms with Crippen molar-refractivity contribution in [3.8, 4) is 0 Å². The van der Waals surface area contributed by atoms with Crippen LogP contribution in [0.4, 0.5) is 5.82 Å². The molecular weight excluding hydrogens is 332 g/mol. The number of nitrogens with zero attached hydrogens (tertiary/aromatic N) is 1. The maximum Gasteiger partial charge on any atom is 0.338 e. The van der Waals surface area contributed by atoms with Gasteiger partial charge in [-0.3, -0.25) is 4.79 Å². The molecule has 0 fully saturated rings. The first-order chi connectivity index (χ1) is 12.6. The number of ether oxygens (including phenoxy) is 1. The first kappa shape index (κ1) is 17.4. The molecule has 2 aromatic carbocycles.